The maximum atomic E-state index is 13.2. The van der Waals surface area contributed by atoms with Gasteiger partial charge in [-0.2, -0.15) is 0 Å². The van der Waals surface area contributed by atoms with Crippen molar-refractivity contribution in [1.29, 1.82) is 0 Å². The van der Waals surface area contributed by atoms with Crippen LogP contribution in [0.2, 0.25) is 0 Å². The second kappa shape index (κ2) is 9.54. The maximum Gasteiger partial charge on any atom is 0.258 e. The average molecular weight is 412 g/mol. The molecule has 0 aliphatic carbocycles. The van der Waals surface area contributed by atoms with Crippen molar-refractivity contribution in [3.05, 3.63) is 76.2 Å². The van der Waals surface area contributed by atoms with Gasteiger partial charge in [-0.15, -0.1) is 12.4 Å². The first-order valence-electron chi connectivity index (χ1n) is 9.34. The summed E-state index contributed by atoms with van der Waals surface area (Å²) < 4.78 is 1.80. The van der Waals surface area contributed by atoms with Crippen molar-refractivity contribution in [1.82, 2.24) is 4.57 Å². The molecule has 0 spiro atoms. The molecule has 4 N–H and O–H groups in total. The van der Waals surface area contributed by atoms with Crippen LogP contribution in [0, 0.1) is 5.92 Å². The molecular formula is C23H26ClN3O2. The second-order valence-corrected chi connectivity index (χ2v) is 7.24. The Labute approximate surface area is 176 Å². The minimum Gasteiger partial charge on any atom is -0.366 e. The summed E-state index contributed by atoms with van der Waals surface area (Å²) in [7, 11) is 0. The summed E-state index contributed by atoms with van der Waals surface area (Å²) in [4.78, 5) is 24.3. The number of benzene rings is 2. The van der Waals surface area contributed by atoms with Gasteiger partial charge >= 0.3 is 0 Å². The molecule has 3 rings (SSSR count). The number of carbonyl (C=O) groups excluding carboxylic acids is 1. The topological polar surface area (TPSA) is 91.1 Å². The smallest absolute Gasteiger partial charge is 0.258 e. The van der Waals surface area contributed by atoms with Crippen LogP contribution in [0.15, 0.2) is 59.4 Å². The number of hydrogen-bond acceptors (Lipinski definition) is 3. The zero-order chi connectivity index (χ0) is 20.3. The van der Waals surface area contributed by atoms with E-state index in [1.54, 1.807) is 10.6 Å². The van der Waals surface area contributed by atoms with Crippen LogP contribution in [-0.4, -0.2) is 10.5 Å². The molecule has 0 fully saturated rings. The predicted octanol–water partition coefficient (Wildman–Crippen LogP) is 3.70. The standard InChI is InChI=1S/C23H25N3O2.ClH/c1-15(2)14-26-20(13-24)22(17-6-4-3-5-7-17)19-12-16(9-11-21(25)27)8-10-18(19)23(26)28;/h3-12,15H,13-14,24H2,1-2H3,(H2,25,27);1H/b11-9+;. The Hall–Kier alpha value is -2.89. The lowest BCUT2D eigenvalue weighted by atomic mass is 9.95. The highest BCUT2D eigenvalue weighted by Crippen LogP contribution is 2.31. The molecule has 0 saturated heterocycles. The summed E-state index contributed by atoms with van der Waals surface area (Å²) in [6, 6.07) is 15.5. The lowest BCUT2D eigenvalue weighted by molar-refractivity contribution is -0.113. The SMILES string of the molecule is CC(C)Cn1c(CN)c(-c2ccccc2)c2cc(/C=C/C(N)=O)ccc2c1=O.Cl. The Morgan fingerprint density at radius 2 is 1.79 bits per heavy atom. The van der Waals surface area contributed by atoms with Crippen LogP contribution in [0.4, 0.5) is 0 Å². The molecule has 0 aliphatic heterocycles. The first kappa shape index (κ1) is 22.4. The number of aromatic nitrogens is 1. The third-order valence-corrected chi connectivity index (χ3v) is 4.65. The van der Waals surface area contributed by atoms with Gasteiger partial charge in [0.1, 0.15) is 0 Å². The van der Waals surface area contributed by atoms with Crippen LogP contribution in [0.5, 0.6) is 0 Å². The third kappa shape index (κ3) is 4.75. The summed E-state index contributed by atoms with van der Waals surface area (Å²) >= 11 is 0. The minimum absolute atomic E-state index is 0. The lowest BCUT2D eigenvalue weighted by Crippen LogP contribution is -2.28. The number of nitrogens with two attached hydrogens (primary N) is 2. The molecule has 29 heavy (non-hydrogen) atoms. The molecule has 0 radical (unpaired) electrons. The summed E-state index contributed by atoms with van der Waals surface area (Å²) in [5.41, 5.74) is 14.9. The van der Waals surface area contributed by atoms with Crippen molar-refractivity contribution >= 4 is 35.2 Å². The fraction of sp³-hybridized carbons (Fsp3) is 0.217. The van der Waals surface area contributed by atoms with Gasteiger partial charge in [0, 0.05) is 35.8 Å². The highest BCUT2D eigenvalue weighted by Gasteiger charge is 2.18. The van der Waals surface area contributed by atoms with Crippen LogP contribution < -0.4 is 17.0 Å². The van der Waals surface area contributed by atoms with Crippen molar-refractivity contribution < 1.29 is 4.79 Å². The number of halogens is 1. The van der Waals surface area contributed by atoms with E-state index in [4.69, 9.17) is 11.5 Å². The number of rotatable bonds is 6. The molecule has 0 unspecified atom stereocenters. The minimum atomic E-state index is -0.515. The molecule has 1 heterocycles. The van der Waals surface area contributed by atoms with E-state index >= 15 is 0 Å². The summed E-state index contributed by atoms with van der Waals surface area (Å²) in [6.07, 6.45) is 2.96. The molecule has 2 aromatic carbocycles. The number of carbonyl (C=O) groups is 1. The number of amides is 1. The van der Waals surface area contributed by atoms with E-state index in [2.05, 4.69) is 13.8 Å². The fourth-order valence-electron chi connectivity index (χ4n) is 3.49. The number of nitrogens with zero attached hydrogens (tertiary/aromatic N) is 1. The highest BCUT2D eigenvalue weighted by atomic mass is 35.5. The van der Waals surface area contributed by atoms with Gasteiger partial charge in [0.25, 0.3) is 5.56 Å². The van der Waals surface area contributed by atoms with E-state index < -0.39 is 5.91 Å². The van der Waals surface area contributed by atoms with Crippen LogP contribution >= 0.6 is 12.4 Å². The summed E-state index contributed by atoms with van der Waals surface area (Å²) in [5.74, 6) is -0.208. The quantitative estimate of drug-likeness (QED) is 0.606. The fourth-order valence-corrected chi connectivity index (χ4v) is 3.49. The van der Waals surface area contributed by atoms with Crippen LogP contribution in [0.3, 0.4) is 0 Å². The molecule has 5 nitrogen and oxygen atoms in total. The Morgan fingerprint density at radius 1 is 1.10 bits per heavy atom. The first-order valence-corrected chi connectivity index (χ1v) is 9.34. The van der Waals surface area contributed by atoms with Crippen LogP contribution in [0.1, 0.15) is 25.1 Å². The zero-order valence-corrected chi connectivity index (χ0v) is 17.4. The van der Waals surface area contributed by atoms with E-state index in [0.717, 1.165) is 27.8 Å². The molecule has 0 atom stereocenters. The van der Waals surface area contributed by atoms with Crippen molar-refractivity contribution in [2.24, 2.45) is 17.4 Å². The number of fused-ring (bicyclic) bond motifs is 1. The molecule has 1 aromatic heterocycles. The first-order chi connectivity index (χ1) is 13.4. The second-order valence-electron chi connectivity index (χ2n) is 7.24. The van der Waals surface area contributed by atoms with E-state index in [1.807, 2.05) is 48.5 Å². The maximum absolute atomic E-state index is 13.2. The zero-order valence-electron chi connectivity index (χ0n) is 16.6. The van der Waals surface area contributed by atoms with Gasteiger partial charge in [0.05, 0.1) is 0 Å². The van der Waals surface area contributed by atoms with E-state index in [9.17, 15) is 9.59 Å². The van der Waals surface area contributed by atoms with Gasteiger partial charge in [-0.3, -0.25) is 9.59 Å². The van der Waals surface area contributed by atoms with Crippen molar-refractivity contribution in [3.63, 3.8) is 0 Å². The molecule has 0 aliphatic rings. The molecule has 0 saturated carbocycles. The number of hydrogen-bond donors (Lipinski definition) is 2. The van der Waals surface area contributed by atoms with Gasteiger partial charge < -0.3 is 16.0 Å². The third-order valence-electron chi connectivity index (χ3n) is 4.65. The van der Waals surface area contributed by atoms with Crippen molar-refractivity contribution in [2.75, 3.05) is 0 Å². The highest BCUT2D eigenvalue weighted by molar-refractivity contribution is 5.99. The monoisotopic (exact) mass is 411 g/mol. The summed E-state index contributed by atoms with van der Waals surface area (Å²) in [6.45, 7) is 5.02. The largest absolute Gasteiger partial charge is 0.366 e. The van der Waals surface area contributed by atoms with Gasteiger partial charge in [-0.1, -0.05) is 50.2 Å². The molecule has 152 valence electrons. The summed E-state index contributed by atoms with van der Waals surface area (Å²) in [5, 5.41) is 1.45. The molecule has 1 amide bonds. The van der Waals surface area contributed by atoms with E-state index in [1.165, 1.54) is 6.08 Å². The molecule has 3 aromatic rings. The Morgan fingerprint density at radius 3 is 2.38 bits per heavy atom. The van der Waals surface area contributed by atoms with Crippen LogP contribution in [-0.2, 0) is 17.9 Å². The normalized spacial score (nSPS) is 11.2. The Bertz CT molecular complexity index is 1100. The van der Waals surface area contributed by atoms with Gasteiger partial charge in [-0.05, 0) is 40.6 Å². The lowest BCUT2D eigenvalue weighted by Gasteiger charge is -2.20. The average Bonchev–Trinajstić information content (AvgIpc) is 2.68. The van der Waals surface area contributed by atoms with Gasteiger partial charge in [0.2, 0.25) is 5.91 Å². The van der Waals surface area contributed by atoms with Gasteiger partial charge in [0.15, 0.2) is 0 Å². The predicted molar refractivity (Wildman–Crippen MR) is 122 cm³/mol. The number of pyridine rings is 1. The van der Waals surface area contributed by atoms with Crippen LogP contribution in [0.25, 0.3) is 28.0 Å². The number of primary amides is 1. The van der Waals surface area contributed by atoms with Gasteiger partial charge in [-0.25, -0.2) is 0 Å². The molecular weight excluding hydrogens is 386 g/mol. The van der Waals surface area contributed by atoms with Crippen molar-refractivity contribution in [3.8, 4) is 11.1 Å². The van der Waals surface area contributed by atoms with E-state index in [-0.39, 0.29) is 24.5 Å². The Balaban J connectivity index is 0.00000300. The van der Waals surface area contributed by atoms with E-state index in [0.29, 0.717) is 17.8 Å². The Kier molecular flexibility index (Phi) is 7.37. The molecule has 6 heteroatoms. The van der Waals surface area contributed by atoms with Crippen molar-refractivity contribution in [2.45, 2.75) is 26.9 Å². The molecule has 0 bridgehead atoms.